The number of aryl methyl sites for hydroxylation is 1. The van der Waals surface area contributed by atoms with E-state index in [0.29, 0.717) is 25.1 Å². The van der Waals surface area contributed by atoms with E-state index < -0.39 is 0 Å². The molecule has 0 fully saturated rings. The van der Waals surface area contributed by atoms with E-state index in [1.54, 1.807) is 11.0 Å². The summed E-state index contributed by atoms with van der Waals surface area (Å²) < 4.78 is 1.68. The van der Waals surface area contributed by atoms with Gasteiger partial charge in [0.2, 0.25) is 0 Å². The van der Waals surface area contributed by atoms with E-state index in [-0.39, 0.29) is 17.9 Å². The summed E-state index contributed by atoms with van der Waals surface area (Å²) in [6.45, 7) is 9.54. The zero-order chi connectivity index (χ0) is 17.7. The molecule has 0 saturated carbocycles. The molecule has 1 N–H and O–H groups in total. The highest BCUT2D eigenvalue weighted by Crippen LogP contribution is 2.20. The lowest BCUT2D eigenvalue weighted by Gasteiger charge is -2.30. The van der Waals surface area contributed by atoms with Crippen LogP contribution >= 0.6 is 0 Å². The second-order valence-corrected chi connectivity index (χ2v) is 7.21. The summed E-state index contributed by atoms with van der Waals surface area (Å²) in [5, 5.41) is 13.2. The zero-order valence-corrected chi connectivity index (χ0v) is 14.9. The zero-order valence-electron chi connectivity index (χ0n) is 14.9. The molecule has 2 aromatic rings. The van der Waals surface area contributed by atoms with Crippen LogP contribution in [0.5, 0.6) is 0 Å². The van der Waals surface area contributed by atoms with Crippen molar-refractivity contribution in [2.45, 2.75) is 34.1 Å². The topological polar surface area (TPSA) is 71.2 Å². The summed E-state index contributed by atoms with van der Waals surface area (Å²) in [7, 11) is 0. The second kappa shape index (κ2) is 7.57. The van der Waals surface area contributed by atoms with E-state index in [1.807, 2.05) is 30.0 Å². The number of aromatic nitrogens is 3. The molecule has 0 spiro atoms. The van der Waals surface area contributed by atoms with Crippen LogP contribution < -0.4 is 0 Å². The predicted octanol–water partition coefficient (Wildman–Crippen LogP) is 2.45. The fourth-order valence-corrected chi connectivity index (χ4v) is 2.65. The van der Waals surface area contributed by atoms with Crippen molar-refractivity contribution in [1.29, 1.82) is 0 Å². The Morgan fingerprint density at radius 1 is 1.33 bits per heavy atom. The maximum atomic E-state index is 12.9. The lowest BCUT2D eigenvalue weighted by Crippen LogP contribution is -2.38. The lowest BCUT2D eigenvalue weighted by atomic mass is 9.95. The summed E-state index contributed by atoms with van der Waals surface area (Å²) >= 11 is 0. The monoisotopic (exact) mass is 330 g/mol. The van der Waals surface area contributed by atoms with E-state index in [0.717, 1.165) is 11.3 Å². The van der Waals surface area contributed by atoms with Gasteiger partial charge < -0.3 is 10.0 Å². The summed E-state index contributed by atoms with van der Waals surface area (Å²) in [5.74, 6) is -0.00776. The average Bonchev–Trinajstić information content (AvgIpc) is 3.03. The van der Waals surface area contributed by atoms with Crippen molar-refractivity contribution in [1.82, 2.24) is 19.7 Å². The van der Waals surface area contributed by atoms with E-state index in [4.69, 9.17) is 5.11 Å². The number of aliphatic hydroxyl groups is 1. The molecule has 130 valence electrons. The minimum atomic E-state index is -0.00776. The third-order valence-corrected chi connectivity index (χ3v) is 3.65. The number of nitrogens with zero attached hydrogens (tertiary/aromatic N) is 4. The first-order valence-corrected chi connectivity index (χ1v) is 8.17. The number of rotatable bonds is 6. The van der Waals surface area contributed by atoms with Gasteiger partial charge in [-0.1, -0.05) is 20.8 Å². The molecule has 1 heterocycles. The molecule has 0 aliphatic heterocycles. The van der Waals surface area contributed by atoms with Gasteiger partial charge in [-0.05, 0) is 42.5 Å². The predicted molar refractivity (Wildman–Crippen MR) is 93.2 cm³/mol. The quantitative estimate of drug-likeness (QED) is 0.883. The van der Waals surface area contributed by atoms with E-state index in [2.05, 4.69) is 30.9 Å². The third kappa shape index (κ3) is 4.64. The van der Waals surface area contributed by atoms with Crippen LogP contribution in [0.1, 0.15) is 43.1 Å². The lowest BCUT2D eigenvalue weighted by molar-refractivity contribution is 0.0682. The van der Waals surface area contributed by atoms with Crippen molar-refractivity contribution in [2.24, 2.45) is 5.41 Å². The molecule has 0 saturated heterocycles. The van der Waals surface area contributed by atoms with Crippen LogP contribution in [0, 0.1) is 12.3 Å². The van der Waals surface area contributed by atoms with Gasteiger partial charge in [-0.2, -0.15) is 5.10 Å². The highest BCUT2D eigenvalue weighted by Gasteiger charge is 2.22. The van der Waals surface area contributed by atoms with Crippen molar-refractivity contribution < 1.29 is 9.90 Å². The minimum absolute atomic E-state index is 0.000824. The van der Waals surface area contributed by atoms with Gasteiger partial charge in [-0.25, -0.2) is 9.67 Å². The Balaban J connectivity index is 2.24. The molecular formula is C18H26N4O2. The van der Waals surface area contributed by atoms with Crippen LogP contribution in [-0.2, 0) is 0 Å². The Morgan fingerprint density at radius 2 is 2.08 bits per heavy atom. The number of amides is 1. The smallest absolute Gasteiger partial charge is 0.253 e. The summed E-state index contributed by atoms with van der Waals surface area (Å²) in [6, 6.07) is 5.59. The highest BCUT2D eigenvalue weighted by molar-refractivity contribution is 5.94. The molecule has 0 aliphatic carbocycles. The molecule has 1 aromatic carbocycles. The number of benzene rings is 1. The van der Waals surface area contributed by atoms with Gasteiger partial charge in [0, 0.05) is 25.3 Å². The summed E-state index contributed by atoms with van der Waals surface area (Å²) in [6.07, 6.45) is 3.70. The molecule has 1 amide bonds. The van der Waals surface area contributed by atoms with Gasteiger partial charge >= 0.3 is 0 Å². The van der Waals surface area contributed by atoms with Crippen molar-refractivity contribution in [2.75, 3.05) is 19.7 Å². The van der Waals surface area contributed by atoms with Crippen molar-refractivity contribution in [3.63, 3.8) is 0 Å². The standard InChI is InChI=1S/C18H26N4O2/c1-14-10-15(6-7-16(14)22-13-19-12-20-22)17(24)21(8-5-9-23)11-18(2,3)4/h6-7,10,12-13,23H,5,8-9,11H2,1-4H3. The largest absolute Gasteiger partial charge is 0.396 e. The van der Waals surface area contributed by atoms with Gasteiger partial charge in [0.25, 0.3) is 5.91 Å². The molecule has 1 aromatic heterocycles. The third-order valence-electron chi connectivity index (χ3n) is 3.65. The first-order chi connectivity index (χ1) is 11.3. The molecule has 24 heavy (non-hydrogen) atoms. The maximum absolute atomic E-state index is 12.9. The van der Waals surface area contributed by atoms with Crippen LogP contribution in [-0.4, -0.2) is 50.4 Å². The molecule has 0 aliphatic rings. The Bertz CT molecular complexity index is 675. The minimum Gasteiger partial charge on any atom is -0.396 e. The maximum Gasteiger partial charge on any atom is 0.253 e. The molecule has 2 rings (SSSR count). The van der Waals surface area contributed by atoms with E-state index in [1.165, 1.54) is 6.33 Å². The van der Waals surface area contributed by atoms with E-state index in [9.17, 15) is 4.79 Å². The highest BCUT2D eigenvalue weighted by atomic mass is 16.3. The van der Waals surface area contributed by atoms with Gasteiger partial charge in [-0.3, -0.25) is 4.79 Å². The number of aliphatic hydroxyl groups excluding tert-OH is 1. The Kier molecular flexibility index (Phi) is 5.72. The molecule has 6 nitrogen and oxygen atoms in total. The number of hydrogen-bond donors (Lipinski definition) is 1. The number of carbonyl (C=O) groups is 1. The van der Waals surface area contributed by atoms with Crippen LogP contribution in [0.3, 0.4) is 0 Å². The fraction of sp³-hybridized carbons (Fsp3) is 0.500. The van der Waals surface area contributed by atoms with Gasteiger partial charge in [0.15, 0.2) is 0 Å². The first kappa shape index (κ1) is 18.1. The van der Waals surface area contributed by atoms with Crippen LogP contribution in [0.4, 0.5) is 0 Å². The van der Waals surface area contributed by atoms with E-state index >= 15 is 0 Å². The summed E-state index contributed by atoms with van der Waals surface area (Å²) in [5.41, 5.74) is 2.52. The Labute approximate surface area is 143 Å². The molecule has 0 atom stereocenters. The van der Waals surface area contributed by atoms with Crippen molar-refractivity contribution in [3.8, 4) is 5.69 Å². The average molecular weight is 330 g/mol. The van der Waals surface area contributed by atoms with Gasteiger partial charge in [0.1, 0.15) is 12.7 Å². The molecule has 0 unspecified atom stereocenters. The molecular weight excluding hydrogens is 304 g/mol. The van der Waals surface area contributed by atoms with Crippen LogP contribution in [0.2, 0.25) is 0 Å². The first-order valence-electron chi connectivity index (χ1n) is 8.17. The number of hydrogen-bond acceptors (Lipinski definition) is 4. The molecule has 0 bridgehead atoms. The van der Waals surface area contributed by atoms with Crippen LogP contribution in [0.25, 0.3) is 5.69 Å². The fourth-order valence-electron chi connectivity index (χ4n) is 2.65. The number of carbonyl (C=O) groups excluding carboxylic acids is 1. The Morgan fingerprint density at radius 3 is 2.62 bits per heavy atom. The second-order valence-electron chi connectivity index (χ2n) is 7.21. The SMILES string of the molecule is Cc1cc(C(=O)N(CCCO)CC(C)(C)C)ccc1-n1cncn1. The molecule has 0 radical (unpaired) electrons. The summed E-state index contributed by atoms with van der Waals surface area (Å²) in [4.78, 5) is 18.7. The van der Waals surface area contributed by atoms with Crippen molar-refractivity contribution in [3.05, 3.63) is 42.0 Å². The van der Waals surface area contributed by atoms with Crippen molar-refractivity contribution >= 4 is 5.91 Å². The molecule has 6 heteroatoms. The van der Waals surface area contributed by atoms with Gasteiger partial charge in [-0.15, -0.1) is 0 Å². The Hall–Kier alpha value is -2.21. The van der Waals surface area contributed by atoms with Crippen LogP contribution in [0.15, 0.2) is 30.9 Å². The van der Waals surface area contributed by atoms with Gasteiger partial charge in [0.05, 0.1) is 5.69 Å². The normalized spacial score (nSPS) is 11.5.